The van der Waals surface area contributed by atoms with Crippen molar-refractivity contribution in [2.75, 3.05) is 0 Å². The van der Waals surface area contributed by atoms with Crippen LogP contribution in [0.5, 0.6) is 5.75 Å². The molecular weight excluding hydrogens is 255 g/mol. The van der Waals surface area contributed by atoms with Crippen molar-refractivity contribution in [3.63, 3.8) is 0 Å². The number of benzene rings is 1. The fraction of sp³-hybridized carbons (Fsp3) is 0.231. The van der Waals surface area contributed by atoms with Crippen LogP contribution in [0.3, 0.4) is 0 Å². The van der Waals surface area contributed by atoms with E-state index in [2.05, 4.69) is 4.98 Å². The Labute approximate surface area is 109 Å². The fourth-order valence-corrected chi connectivity index (χ4v) is 1.85. The average molecular weight is 265 g/mol. The van der Waals surface area contributed by atoms with Gasteiger partial charge in [0.05, 0.1) is 16.7 Å². The summed E-state index contributed by atoms with van der Waals surface area (Å²) in [5.41, 5.74) is 0.332. The molecule has 0 atom stereocenters. The zero-order chi connectivity index (χ0) is 13.3. The molecule has 0 fully saturated rings. The number of hydrogen-bond acceptors (Lipinski definition) is 3. The molecule has 0 aliphatic heterocycles. The molecule has 1 aromatic carbocycles. The number of pyridine rings is 1. The van der Waals surface area contributed by atoms with Gasteiger partial charge in [-0.1, -0.05) is 11.6 Å². The summed E-state index contributed by atoms with van der Waals surface area (Å²) < 4.78 is 19.4. The molecule has 1 aromatic heterocycles. The molecule has 0 unspecified atom stereocenters. The summed E-state index contributed by atoms with van der Waals surface area (Å²) >= 11 is 6.00. The van der Waals surface area contributed by atoms with Gasteiger partial charge in [-0.15, -0.1) is 0 Å². The second-order valence-corrected chi connectivity index (χ2v) is 4.42. The van der Waals surface area contributed by atoms with Gasteiger partial charge in [0.2, 0.25) is 0 Å². The highest BCUT2D eigenvalue weighted by Crippen LogP contribution is 2.31. The van der Waals surface area contributed by atoms with Gasteiger partial charge in [0.1, 0.15) is 11.6 Å². The van der Waals surface area contributed by atoms with Crippen molar-refractivity contribution in [3.05, 3.63) is 34.7 Å². The molecule has 0 saturated carbocycles. The van der Waals surface area contributed by atoms with Crippen molar-refractivity contribution in [1.29, 1.82) is 5.26 Å². The van der Waals surface area contributed by atoms with Gasteiger partial charge >= 0.3 is 0 Å². The number of ether oxygens (including phenoxy) is 1. The SMILES string of the molecule is CC(C)Oc1ccc2c(Cl)c(C#N)cnc2c1F. The van der Waals surface area contributed by atoms with Gasteiger partial charge in [0.25, 0.3) is 0 Å². The molecule has 3 nitrogen and oxygen atoms in total. The Bertz CT molecular complexity index is 649. The van der Waals surface area contributed by atoms with Crippen LogP contribution < -0.4 is 4.74 Å². The molecule has 5 heteroatoms. The van der Waals surface area contributed by atoms with Crippen molar-refractivity contribution in [1.82, 2.24) is 4.98 Å². The third-order valence-corrected chi connectivity index (χ3v) is 2.77. The third-order valence-electron chi connectivity index (χ3n) is 2.36. The molecular formula is C13H10ClFN2O. The van der Waals surface area contributed by atoms with Crippen LogP contribution >= 0.6 is 11.6 Å². The number of halogens is 2. The van der Waals surface area contributed by atoms with E-state index in [0.717, 1.165) is 0 Å². The number of aromatic nitrogens is 1. The van der Waals surface area contributed by atoms with Gasteiger partial charge in [-0.2, -0.15) is 5.26 Å². The molecule has 18 heavy (non-hydrogen) atoms. The summed E-state index contributed by atoms with van der Waals surface area (Å²) in [5.74, 6) is -0.432. The van der Waals surface area contributed by atoms with Gasteiger partial charge < -0.3 is 4.74 Å². The predicted octanol–water partition coefficient (Wildman–Crippen LogP) is 3.69. The largest absolute Gasteiger partial charge is 0.488 e. The van der Waals surface area contributed by atoms with Crippen LogP contribution in [0.1, 0.15) is 19.4 Å². The molecule has 0 radical (unpaired) electrons. The normalized spacial score (nSPS) is 10.7. The molecule has 0 bridgehead atoms. The second-order valence-electron chi connectivity index (χ2n) is 4.04. The van der Waals surface area contributed by atoms with Crippen molar-refractivity contribution >= 4 is 22.5 Å². The molecule has 2 rings (SSSR count). The third kappa shape index (κ3) is 2.09. The van der Waals surface area contributed by atoms with Crippen LogP contribution in [0, 0.1) is 17.1 Å². The highest BCUT2D eigenvalue weighted by Gasteiger charge is 2.14. The fourth-order valence-electron chi connectivity index (χ4n) is 1.60. The summed E-state index contributed by atoms with van der Waals surface area (Å²) in [7, 11) is 0. The van der Waals surface area contributed by atoms with Crippen LogP contribution in [-0.4, -0.2) is 11.1 Å². The van der Waals surface area contributed by atoms with E-state index in [9.17, 15) is 4.39 Å². The van der Waals surface area contributed by atoms with E-state index < -0.39 is 5.82 Å². The Morgan fingerprint density at radius 1 is 1.44 bits per heavy atom. The Morgan fingerprint density at radius 2 is 2.17 bits per heavy atom. The van der Waals surface area contributed by atoms with Crippen LogP contribution in [0.25, 0.3) is 10.9 Å². The maximum atomic E-state index is 14.1. The minimum Gasteiger partial charge on any atom is -0.488 e. The standard InChI is InChI=1S/C13H10ClFN2O/c1-7(2)18-10-4-3-9-11(14)8(5-16)6-17-13(9)12(10)15/h3-4,6-7H,1-2H3. The highest BCUT2D eigenvalue weighted by molar-refractivity contribution is 6.36. The monoisotopic (exact) mass is 264 g/mol. The first-order valence-corrected chi connectivity index (χ1v) is 5.76. The first kappa shape index (κ1) is 12.6. The Hall–Kier alpha value is -1.86. The van der Waals surface area contributed by atoms with Crippen molar-refractivity contribution in [3.8, 4) is 11.8 Å². The minimum atomic E-state index is -0.562. The molecule has 0 aliphatic carbocycles. The maximum absolute atomic E-state index is 14.1. The predicted molar refractivity (Wildman–Crippen MR) is 67.2 cm³/mol. The Morgan fingerprint density at radius 3 is 2.78 bits per heavy atom. The quantitative estimate of drug-likeness (QED) is 0.831. The number of hydrogen-bond donors (Lipinski definition) is 0. The summed E-state index contributed by atoms with van der Waals surface area (Å²) in [6, 6.07) is 5.00. The number of nitriles is 1. The van der Waals surface area contributed by atoms with E-state index in [-0.39, 0.29) is 28.0 Å². The van der Waals surface area contributed by atoms with E-state index in [4.69, 9.17) is 21.6 Å². The molecule has 1 heterocycles. The average Bonchev–Trinajstić information content (AvgIpc) is 2.33. The summed E-state index contributed by atoms with van der Waals surface area (Å²) in [6.07, 6.45) is 1.12. The summed E-state index contributed by atoms with van der Waals surface area (Å²) in [5, 5.41) is 9.44. The molecule has 0 aliphatic rings. The molecule has 0 saturated heterocycles. The van der Waals surface area contributed by atoms with Crippen molar-refractivity contribution < 1.29 is 9.13 Å². The first-order chi connectivity index (χ1) is 8.54. The lowest BCUT2D eigenvalue weighted by Gasteiger charge is -2.12. The molecule has 0 N–H and O–H groups in total. The lowest BCUT2D eigenvalue weighted by Crippen LogP contribution is -2.07. The van der Waals surface area contributed by atoms with Crippen LogP contribution in [-0.2, 0) is 0 Å². The topological polar surface area (TPSA) is 45.9 Å². The van der Waals surface area contributed by atoms with Gasteiger partial charge in [-0.3, -0.25) is 4.98 Å². The highest BCUT2D eigenvalue weighted by atomic mass is 35.5. The summed E-state index contributed by atoms with van der Waals surface area (Å²) in [4.78, 5) is 3.92. The lowest BCUT2D eigenvalue weighted by molar-refractivity contribution is 0.232. The van der Waals surface area contributed by atoms with Gasteiger partial charge in [0.15, 0.2) is 11.6 Å². The smallest absolute Gasteiger partial charge is 0.191 e. The minimum absolute atomic E-state index is 0.108. The number of rotatable bonds is 2. The second kappa shape index (κ2) is 4.79. The Kier molecular flexibility index (Phi) is 3.35. The lowest BCUT2D eigenvalue weighted by atomic mass is 10.1. The zero-order valence-electron chi connectivity index (χ0n) is 9.87. The van der Waals surface area contributed by atoms with E-state index in [1.165, 1.54) is 12.3 Å². The number of nitrogens with zero attached hydrogens (tertiary/aromatic N) is 2. The van der Waals surface area contributed by atoms with E-state index in [1.54, 1.807) is 6.07 Å². The number of fused-ring (bicyclic) bond motifs is 1. The van der Waals surface area contributed by atoms with Gasteiger partial charge in [-0.25, -0.2) is 4.39 Å². The molecule has 92 valence electrons. The Balaban J connectivity index is 2.67. The van der Waals surface area contributed by atoms with E-state index in [1.807, 2.05) is 19.9 Å². The van der Waals surface area contributed by atoms with E-state index in [0.29, 0.717) is 5.39 Å². The molecule has 0 spiro atoms. The van der Waals surface area contributed by atoms with Crippen molar-refractivity contribution in [2.45, 2.75) is 20.0 Å². The summed E-state index contributed by atoms with van der Waals surface area (Å²) in [6.45, 7) is 3.62. The van der Waals surface area contributed by atoms with Crippen LogP contribution in [0.4, 0.5) is 4.39 Å². The first-order valence-electron chi connectivity index (χ1n) is 5.38. The van der Waals surface area contributed by atoms with Gasteiger partial charge in [0, 0.05) is 11.6 Å². The maximum Gasteiger partial charge on any atom is 0.191 e. The van der Waals surface area contributed by atoms with Crippen LogP contribution in [0.15, 0.2) is 18.3 Å². The zero-order valence-corrected chi connectivity index (χ0v) is 10.6. The van der Waals surface area contributed by atoms with Crippen molar-refractivity contribution in [2.24, 2.45) is 0 Å². The van der Waals surface area contributed by atoms with E-state index >= 15 is 0 Å². The van der Waals surface area contributed by atoms with Gasteiger partial charge in [-0.05, 0) is 26.0 Å². The molecule has 0 amide bonds. The van der Waals surface area contributed by atoms with Crippen LogP contribution in [0.2, 0.25) is 5.02 Å². The molecule has 2 aromatic rings.